The van der Waals surface area contributed by atoms with Gasteiger partial charge in [0.1, 0.15) is 0 Å². The summed E-state index contributed by atoms with van der Waals surface area (Å²) >= 11 is 0. The molecule has 0 aromatic carbocycles. The van der Waals surface area contributed by atoms with Crippen molar-refractivity contribution in [3.8, 4) is 0 Å². The minimum absolute atomic E-state index is 0.534. The zero-order chi connectivity index (χ0) is 15.0. The van der Waals surface area contributed by atoms with E-state index in [4.69, 9.17) is 0 Å². The number of nitrogens with one attached hydrogen (secondary N) is 1. The minimum atomic E-state index is 0.534. The lowest BCUT2D eigenvalue weighted by molar-refractivity contribution is 0.137. The zero-order valence-electron chi connectivity index (χ0n) is 14.5. The fourth-order valence-electron chi connectivity index (χ4n) is 4.23. The SMILES string of the molecule is CCNCC1(CN(C)CCN2CCCC2)CCCCCC1. The largest absolute Gasteiger partial charge is 0.316 e. The van der Waals surface area contributed by atoms with E-state index in [0.29, 0.717) is 5.41 Å². The fourth-order valence-corrected chi connectivity index (χ4v) is 4.23. The van der Waals surface area contributed by atoms with E-state index in [9.17, 15) is 0 Å². The molecule has 0 amide bonds. The van der Waals surface area contributed by atoms with Gasteiger partial charge in [0.15, 0.2) is 0 Å². The summed E-state index contributed by atoms with van der Waals surface area (Å²) in [5, 5.41) is 3.65. The highest BCUT2D eigenvalue weighted by Crippen LogP contribution is 2.35. The lowest BCUT2D eigenvalue weighted by Crippen LogP contribution is -2.44. The average molecular weight is 296 g/mol. The number of rotatable bonds is 8. The van der Waals surface area contributed by atoms with Crippen LogP contribution in [0.15, 0.2) is 0 Å². The molecule has 0 unspecified atom stereocenters. The number of hydrogen-bond donors (Lipinski definition) is 1. The first kappa shape index (κ1) is 17.2. The van der Waals surface area contributed by atoms with Crippen LogP contribution in [0.3, 0.4) is 0 Å². The molecule has 0 spiro atoms. The Morgan fingerprint density at radius 3 is 2.29 bits per heavy atom. The predicted octanol–water partition coefficient (Wildman–Crippen LogP) is 2.96. The van der Waals surface area contributed by atoms with E-state index in [2.05, 4.69) is 29.1 Å². The Labute approximate surface area is 132 Å². The Morgan fingerprint density at radius 1 is 1.00 bits per heavy atom. The third-order valence-electron chi connectivity index (χ3n) is 5.52. The molecule has 1 aliphatic heterocycles. The zero-order valence-corrected chi connectivity index (χ0v) is 14.5. The van der Waals surface area contributed by atoms with Crippen LogP contribution < -0.4 is 5.32 Å². The van der Waals surface area contributed by atoms with Crippen molar-refractivity contribution in [3.63, 3.8) is 0 Å². The molecule has 0 radical (unpaired) electrons. The summed E-state index contributed by atoms with van der Waals surface area (Å²) in [4.78, 5) is 5.25. The second-order valence-corrected chi connectivity index (χ2v) is 7.48. The van der Waals surface area contributed by atoms with Gasteiger partial charge in [-0.25, -0.2) is 0 Å². The maximum atomic E-state index is 3.65. The Kier molecular flexibility index (Phi) is 7.48. The number of likely N-dealkylation sites (N-methyl/N-ethyl adjacent to an activating group) is 1. The lowest BCUT2D eigenvalue weighted by atomic mass is 9.79. The van der Waals surface area contributed by atoms with Crippen molar-refractivity contribution in [2.45, 2.75) is 58.3 Å². The maximum Gasteiger partial charge on any atom is 0.0109 e. The summed E-state index contributed by atoms with van der Waals surface area (Å²) in [5.41, 5.74) is 0.534. The van der Waals surface area contributed by atoms with Crippen molar-refractivity contribution >= 4 is 0 Å². The van der Waals surface area contributed by atoms with Crippen molar-refractivity contribution < 1.29 is 0 Å². The van der Waals surface area contributed by atoms with Crippen LogP contribution in [0.25, 0.3) is 0 Å². The van der Waals surface area contributed by atoms with Crippen LogP contribution in [-0.2, 0) is 0 Å². The van der Waals surface area contributed by atoms with Crippen LogP contribution in [0.1, 0.15) is 58.3 Å². The molecule has 0 aromatic heterocycles. The Morgan fingerprint density at radius 2 is 1.67 bits per heavy atom. The topological polar surface area (TPSA) is 18.5 Å². The molecule has 1 heterocycles. The van der Waals surface area contributed by atoms with Crippen molar-refractivity contribution in [2.75, 3.05) is 52.9 Å². The van der Waals surface area contributed by atoms with Crippen LogP contribution in [0.4, 0.5) is 0 Å². The van der Waals surface area contributed by atoms with Crippen LogP contribution in [-0.4, -0.2) is 62.7 Å². The van der Waals surface area contributed by atoms with Crippen molar-refractivity contribution in [1.82, 2.24) is 15.1 Å². The third kappa shape index (κ3) is 5.88. The van der Waals surface area contributed by atoms with Gasteiger partial charge >= 0.3 is 0 Å². The molecule has 21 heavy (non-hydrogen) atoms. The molecule has 2 fully saturated rings. The molecule has 1 N–H and O–H groups in total. The molecular weight excluding hydrogens is 258 g/mol. The summed E-state index contributed by atoms with van der Waals surface area (Å²) < 4.78 is 0. The summed E-state index contributed by atoms with van der Waals surface area (Å²) in [6.07, 6.45) is 11.4. The third-order valence-corrected chi connectivity index (χ3v) is 5.52. The number of likely N-dealkylation sites (tertiary alicyclic amines) is 1. The molecular formula is C18H37N3. The Hall–Kier alpha value is -0.120. The second kappa shape index (κ2) is 9.12. The first-order valence-electron chi connectivity index (χ1n) is 9.36. The van der Waals surface area contributed by atoms with E-state index >= 15 is 0 Å². The highest BCUT2D eigenvalue weighted by Gasteiger charge is 2.31. The van der Waals surface area contributed by atoms with E-state index in [1.165, 1.54) is 90.6 Å². The summed E-state index contributed by atoms with van der Waals surface area (Å²) in [6, 6.07) is 0. The van der Waals surface area contributed by atoms with Crippen LogP contribution >= 0.6 is 0 Å². The van der Waals surface area contributed by atoms with Gasteiger partial charge in [-0.05, 0) is 57.8 Å². The molecule has 0 bridgehead atoms. The van der Waals surface area contributed by atoms with E-state index < -0.39 is 0 Å². The predicted molar refractivity (Wildman–Crippen MR) is 91.8 cm³/mol. The number of hydrogen-bond acceptors (Lipinski definition) is 3. The minimum Gasteiger partial charge on any atom is -0.316 e. The van der Waals surface area contributed by atoms with Gasteiger partial charge in [-0.15, -0.1) is 0 Å². The molecule has 1 saturated carbocycles. The molecule has 2 aliphatic rings. The van der Waals surface area contributed by atoms with Crippen molar-refractivity contribution in [3.05, 3.63) is 0 Å². The monoisotopic (exact) mass is 295 g/mol. The molecule has 0 aromatic rings. The van der Waals surface area contributed by atoms with Gasteiger partial charge in [-0.1, -0.05) is 32.6 Å². The molecule has 1 saturated heterocycles. The quantitative estimate of drug-likeness (QED) is 0.695. The van der Waals surface area contributed by atoms with Gasteiger partial charge in [0, 0.05) is 26.2 Å². The molecule has 124 valence electrons. The van der Waals surface area contributed by atoms with Gasteiger partial charge in [-0.3, -0.25) is 0 Å². The summed E-state index contributed by atoms with van der Waals surface area (Å²) in [5.74, 6) is 0. The molecule has 3 nitrogen and oxygen atoms in total. The van der Waals surface area contributed by atoms with Crippen molar-refractivity contribution in [2.24, 2.45) is 5.41 Å². The molecule has 3 heteroatoms. The Bertz CT molecular complexity index is 266. The van der Waals surface area contributed by atoms with Crippen LogP contribution in [0.5, 0.6) is 0 Å². The fraction of sp³-hybridized carbons (Fsp3) is 1.00. The highest BCUT2D eigenvalue weighted by atomic mass is 15.2. The second-order valence-electron chi connectivity index (χ2n) is 7.48. The van der Waals surface area contributed by atoms with Crippen LogP contribution in [0, 0.1) is 5.41 Å². The van der Waals surface area contributed by atoms with Crippen molar-refractivity contribution in [1.29, 1.82) is 0 Å². The van der Waals surface area contributed by atoms with Gasteiger partial charge in [-0.2, -0.15) is 0 Å². The van der Waals surface area contributed by atoms with E-state index in [-0.39, 0.29) is 0 Å². The molecule has 1 aliphatic carbocycles. The van der Waals surface area contributed by atoms with Gasteiger partial charge in [0.05, 0.1) is 0 Å². The first-order chi connectivity index (χ1) is 10.2. The van der Waals surface area contributed by atoms with E-state index in [1.807, 2.05) is 0 Å². The Balaban J connectivity index is 1.80. The smallest absolute Gasteiger partial charge is 0.0109 e. The highest BCUT2D eigenvalue weighted by molar-refractivity contribution is 4.86. The molecule has 0 atom stereocenters. The molecule has 2 rings (SSSR count). The summed E-state index contributed by atoms with van der Waals surface area (Å²) in [6.45, 7) is 11.0. The lowest BCUT2D eigenvalue weighted by Gasteiger charge is -2.37. The normalized spacial score (nSPS) is 23.6. The number of nitrogens with zero attached hydrogens (tertiary/aromatic N) is 2. The standard InChI is InChI=1S/C18H37N3/c1-3-19-16-18(10-6-4-5-7-11-18)17-20(2)14-15-21-12-8-9-13-21/h19H,3-17H2,1-2H3. The van der Waals surface area contributed by atoms with Gasteiger partial charge in [0.2, 0.25) is 0 Å². The summed E-state index contributed by atoms with van der Waals surface area (Å²) in [7, 11) is 2.34. The average Bonchev–Trinajstić information content (AvgIpc) is 2.90. The van der Waals surface area contributed by atoms with E-state index in [0.717, 1.165) is 6.54 Å². The van der Waals surface area contributed by atoms with Gasteiger partial charge in [0.25, 0.3) is 0 Å². The van der Waals surface area contributed by atoms with Crippen LogP contribution in [0.2, 0.25) is 0 Å². The van der Waals surface area contributed by atoms with Gasteiger partial charge < -0.3 is 15.1 Å². The van der Waals surface area contributed by atoms with E-state index in [1.54, 1.807) is 0 Å². The first-order valence-corrected chi connectivity index (χ1v) is 9.36. The maximum absolute atomic E-state index is 3.65.